The van der Waals surface area contributed by atoms with Crippen LogP contribution in [0.25, 0.3) is 0 Å². The minimum atomic E-state index is -2.09. The van der Waals surface area contributed by atoms with E-state index >= 15 is 0 Å². The van der Waals surface area contributed by atoms with Crippen LogP contribution in [-0.2, 0) is 23.9 Å². The van der Waals surface area contributed by atoms with Crippen molar-refractivity contribution >= 4 is 23.9 Å². The van der Waals surface area contributed by atoms with Crippen LogP contribution in [0.4, 0.5) is 5.69 Å². The molecule has 3 rings (SSSR count). The van der Waals surface area contributed by atoms with Gasteiger partial charge in [0.25, 0.3) is 5.69 Å². The Morgan fingerprint density at radius 3 is 2.26 bits per heavy atom. The van der Waals surface area contributed by atoms with E-state index in [1.165, 1.54) is 31.2 Å². The summed E-state index contributed by atoms with van der Waals surface area (Å²) in [6, 6.07) is 5.52. The van der Waals surface area contributed by atoms with Gasteiger partial charge in [-0.1, -0.05) is 18.2 Å². The number of nitro benzene ring substituents is 1. The maximum atomic E-state index is 13.6. The number of carbonyl (C=O) groups is 3. The molecule has 0 radical (unpaired) electrons. The molecule has 1 saturated carbocycles. The number of ether oxygens (including phenoxy) is 2. The van der Waals surface area contributed by atoms with E-state index in [1.54, 1.807) is 6.92 Å². The summed E-state index contributed by atoms with van der Waals surface area (Å²) in [4.78, 5) is 49.6. The van der Waals surface area contributed by atoms with Gasteiger partial charge in [-0.2, -0.15) is 0 Å². The van der Waals surface area contributed by atoms with Gasteiger partial charge in [0.05, 0.1) is 28.6 Å². The van der Waals surface area contributed by atoms with Crippen molar-refractivity contribution in [2.24, 2.45) is 0 Å². The van der Waals surface area contributed by atoms with Crippen molar-refractivity contribution in [2.45, 2.75) is 76.0 Å². The molecule has 2 aliphatic rings. The van der Waals surface area contributed by atoms with Crippen molar-refractivity contribution in [2.75, 3.05) is 6.61 Å². The zero-order valence-electron chi connectivity index (χ0n) is 21.5. The van der Waals surface area contributed by atoms with E-state index in [0.717, 1.165) is 12.8 Å². The zero-order valence-corrected chi connectivity index (χ0v) is 21.5. The number of nitrogens with zero attached hydrogens (tertiary/aromatic N) is 1. The van der Waals surface area contributed by atoms with Crippen molar-refractivity contribution in [1.82, 2.24) is 5.32 Å². The minimum absolute atomic E-state index is 0.0172. The highest BCUT2D eigenvalue weighted by atomic mass is 16.6. The van der Waals surface area contributed by atoms with Crippen LogP contribution in [0.15, 0.2) is 46.8 Å². The number of benzene rings is 1. The highest BCUT2D eigenvalue weighted by molar-refractivity contribution is 6.00. The number of nitrogens with one attached hydrogen (secondary N) is 1. The van der Waals surface area contributed by atoms with Gasteiger partial charge in [-0.25, -0.2) is 9.59 Å². The van der Waals surface area contributed by atoms with Crippen LogP contribution in [0, 0.1) is 10.1 Å². The molecular formula is C26H32N2O11. The second kappa shape index (κ2) is 12.9. The van der Waals surface area contributed by atoms with Crippen LogP contribution in [0.2, 0.25) is 0 Å². The Morgan fingerprint density at radius 2 is 1.69 bits per heavy atom. The maximum Gasteiger partial charge on any atom is 0.337 e. The van der Waals surface area contributed by atoms with Gasteiger partial charge in [-0.15, -0.1) is 0 Å². The van der Waals surface area contributed by atoms with Gasteiger partial charge in [0.1, 0.15) is 24.4 Å². The number of dihydropyridines is 1. The van der Waals surface area contributed by atoms with E-state index in [2.05, 4.69) is 5.32 Å². The first-order valence-electron chi connectivity index (χ1n) is 12.5. The molecule has 1 aliphatic heterocycles. The van der Waals surface area contributed by atoms with Crippen LogP contribution in [0.1, 0.15) is 51.0 Å². The maximum absolute atomic E-state index is 13.6. The number of hydrogen-bond donors (Lipinski definition) is 5. The fraction of sp³-hybridized carbons (Fsp3) is 0.500. The lowest BCUT2D eigenvalue weighted by Crippen LogP contribution is -2.49. The lowest BCUT2D eigenvalue weighted by Gasteiger charge is -2.33. The molecular weight excluding hydrogens is 516 g/mol. The number of aliphatic hydroxyl groups is 4. The highest BCUT2D eigenvalue weighted by Gasteiger charge is 2.44. The molecule has 0 bridgehead atoms. The van der Waals surface area contributed by atoms with Gasteiger partial charge in [-0.05, 0) is 39.5 Å². The van der Waals surface area contributed by atoms with Gasteiger partial charge in [0, 0.05) is 23.0 Å². The number of aldehydes is 1. The second-order valence-electron chi connectivity index (χ2n) is 9.50. The molecule has 212 valence electrons. The average Bonchev–Trinajstić information content (AvgIpc) is 3.42. The van der Waals surface area contributed by atoms with Gasteiger partial charge in [-0.3, -0.25) is 10.1 Å². The lowest BCUT2D eigenvalue weighted by molar-refractivity contribution is -0.385. The Hall–Kier alpha value is -3.65. The molecule has 13 nitrogen and oxygen atoms in total. The molecule has 1 heterocycles. The fourth-order valence-corrected chi connectivity index (χ4v) is 4.90. The first-order chi connectivity index (χ1) is 18.5. The summed E-state index contributed by atoms with van der Waals surface area (Å²) in [5, 5.41) is 54.3. The van der Waals surface area contributed by atoms with Crippen LogP contribution in [0.3, 0.4) is 0 Å². The molecule has 1 fully saturated rings. The number of esters is 2. The molecule has 0 aromatic heterocycles. The Morgan fingerprint density at radius 1 is 1.10 bits per heavy atom. The van der Waals surface area contributed by atoms with E-state index < -0.39 is 53.8 Å². The topological polar surface area (TPSA) is 206 Å². The standard InChI is InChI=1S/C26H32N2O11/c1-13-20(25(34)38-15-7-3-4-8-15)22(16-9-5-6-10-17(16)28(36)37)21(14(2)27-13)26(35)39-24(19(32)12-30)23(33)18(31)11-29/h5-6,9-10,12,15,18-19,22-24,27,29,31-33H,3-4,7-8,11H2,1-2H3/t18-,19+,22?,23-,24-/m1/s1. The highest BCUT2D eigenvalue weighted by Crippen LogP contribution is 2.43. The van der Waals surface area contributed by atoms with Crippen molar-refractivity contribution in [3.8, 4) is 0 Å². The summed E-state index contributed by atoms with van der Waals surface area (Å²) in [5.41, 5.74) is -0.317. The molecule has 0 saturated heterocycles. The molecule has 1 unspecified atom stereocenters. The molecule has 0 amide bonds. The second-order valence-corrected chi connectivity index (χ2v) is 9.50. The number of aliphatic hydroxyl groups excluding tert-OH is 4. The monoisotopic (exact) mass is 548 g/mol. The Balaban J connectivity index is 2.12. The Kier molecular flexibility index (Phi) is 9.92. The molecule has 13 heteroatoms. The van der Waals surface area contributed by atoms with Crippen molar-refractivity contribution < 1.29 is 49.2 Å². The van der Waals surface area contributed by atoms with E-state index in [0.29, 0.717) is 12.8 Å². The number of para-hydroxylation sites is 1. The summed E-state index contributed by atoms with van der Waals surface area (Å²) in [5.74, 6) is -3.38. The third-order valence-corrected chi connectivity index (χ3v) is 6.86. The van der Waals surface area contributed by atoms with E-state index in [1.807, 2.05) is 0 Å². The third kappa shape index (κ3) is 6.50. The van der Waals surface area contributed by atoms with Crippen LogP contribution in [-0.4, -0.2) is 80.7 Å². The summed E-state index contributed by atoms with van der Waals surface area (Å²) in [6.07, 6.45) is -5.35. The van der Waals surface area contributed by atoms with E-state index in [9.17, 15) is 44.9 Å². The summed E-state index contributed by atoms with van der Waals surface area (Å²) >= 11 is 0. The summed E-state index contributed by atoms with van der Waals surface area (Å²) in [7, 11) is 0. The molecule has 5 atom stereocenters. The van der Waals surface area contributed by atoms with Crippen LogP contribution >= 0.6 is 0 Å². The van der Waals surface area contributed by atoms with Gasteiger partial charge in [0.2, 0.25) is 0 Å². The van der Waals surface area contributed by atoms with Gasteiger partial charge in [0.15, 0.2) is 12.4 Å². The Bertz CT molecular complexity index is 1170. The Labute approximate surface area is 223 Å². The first kappa shape index (κ1) is 29.9. The number of hydrogen-bond acceptors (Lipinski definition) is 12. The fourth-order valence-electron chi connectivity index (χ4n) is 4.90. The van der Waals surface area contributed by atoms with Crippen molar-refractivity contribution in [1.29, 1.82) is 0 Å². The van der Waals surface area contributed by atoms with E-state index in [4.69, 9.17) is 9.47 Å². The minimum Gasteiger partial charge on any atom is -0.459 e. The van der Waals surface area contributed by atoms with Crippen molar-refractivity contribution in [3.63, 3.8) is 0 Å². The van der Waals surface area contributed by atoms with Gasteiger partial charge < -0.3 is 40.0 Å². The predicted molar refractivity (Wildman–Crippen MR) is 134 cm³/mol. The van der Waals surface area contributed by atoms with Gasteiger partial charge >= 0.3 is 11.9 Å². The number of nitro groups is 1. The molecule has 5 N–H and O–H groups in total. The predicted octanol–water partition coefficient (Wildman–Crippen LogP) is 0.501. The number of carbonyl (C=O) groups excluding carboxylic acids is 3. The normalized spacial score (nSPS) is 21.0. The average molecular weight is 549 g/mol. The smallest absolute Gasteiger partial charge is 0.337 e. The zero-order chi connectivity index (χ0) is 28.9. The number of allylic oxidation sites excluding steroid dienone is 2. The molecule has 0 spiro atoms. The van der Waals surface area contributed by atoms with E-state index in [-0.39, 0.29) is 46.2 Å². The molecule has 1 aromatic rings. The van der Waals surface area contributed by atoms with Crippen molar-refractivity contribution in [3.05, 3.63) is 62.5 Å². The SMILES string of the molecule is CC1=C(C(=O)OC2CCCC2)C(c2ccccc2[N+](=O)[O-])C(C(=O)O[C@@H]([C@H](O)[C@H](O)CO)[C@@H](O)C=O)=C(C)N1. The summed E-state index contributed by atoms with van der Waals surface area (Å²) < 4.78 is 11.0. The van der Waals surface area contributed by atoms with Crippen LogP contribution < -0.4 is 5.32 Å². The quantitative estimate of drug-likeness (QED) is 0.111. The molecule has 39 heavy (non-hydrogen) atoms. The summed E-state index contributed by atoms with van der Waals surface area (Å²) in [6.45, 7) is 2.05. The molecule has 1 aliphatic carbocycles. The molecule has 1 aromatic carbocycles. The third-order valence-electron chi connectivity index (χ3n) is 6.86. The number of rotatable bonds is 11. The first-order valence-corrected chi connectivity index (χ1v) is 12.5. The largest absolute Gasteiger partial charge is 0.459 e. The lowest BCUT2D eigenvalue weighted by atomic mass is 9.79. The van der Waals surface area contributed by atoms with Crippen LogP contribution in [0.5, 0.6) is 0 Å².